The van der Waals surface area contributed by atoms with Gasteiger partial charge in [-0.15, -0.1) is 0 Å². The molecule has 5 nitrogen and oxygen atoms in total. The summed E-state index contributed by atoms with van der Waals surface area (Å²) in [6, 6.07) is 4.19. The molecule has 1 aromatic carbocycles. The van der Waals surface area contributed by atoms with Crippen molar-refractivity contribution in [2.45, 2.75) is 12.5 Å². The summed E-state index contributed by atoms with van der Waals surface area (Å²) in [4.78, 5) is 19.7. The van der Waals surface area contributed by atoms with Crippen LogP contribution < -0.4 is 4.74 Å². The van der Waals surface area contributed by atoms with E-state index in [1.807, 2.05) is 0 Å². The minimum Gasteiger partial charge on any atom is -0.480 e. The van der Waals surface area contributed by atoms with Gasteiger partial charge >= 0.3 is 0 Å². The van der Waals surface area contributed by atoms with Gasteiger partial charge in [0.25, 0.3) is 0 Å². The van der Waals surface area contributed by atoms with Crippen molar-refractivity contribution in [1.82, 2.24) is 9.97 Å². The zero-order valence-corrected chi connectivity index (χ0v) is 10.2. The SMILES string of the molecule is COc1nc(C2CC(=O)CO2)nc2ccc(F)cc12. The number of fused-ring (bicyclic) bond motifs is 1. The molecule has 0 saturated carbocycles. The average Bonchev–Trinajstić information content (AvgIpc) is 2.84. The molecule has 3 rings (SSSR count). The molecule has 0 N–H and O–H groups in total. The molecule has 1 fully saturated rings. The minimum absolute atomic E-state index is 0.0202. The van der Waals surface area contributed by atoms with Crippen LogP contribution in [0.25, 0.3) is 10.9 Å². The van der Waals surface area contributed by atoms with E-state index in [1.54, 1.807) is 6.07 Å². The average molecular weight is 262 g/mol. The maximum absolute atomic E-state index is 13.2. The normalized spacial score (nSPS) is 19.1. The molecule has 0 bridgehead atoms. The number of carbonyl (C=O) groups is 1. The smallest absolute Gasteiger partial charge is 0.224 e. The molecule has 1 aliphatic heterocycles. The Morgan fingerprint density at radius 1 is 1.42 bits per heavy atom. The van der Waals surface area contributed by atoms with E-state index in [-0.39, 0.29) is 30.5 Å². The maximum atomic E-state index is 13.2. The van der Waals surface area contributed by atoms with E-state index >= 15 is 0 Å². The van der Waals surface area contributed by atoms with Crippen LogP contribution in [0.15, 0.2) is 18.2 Å². The molecule has 0 spiro atoms. The summed E-state index contributed by atoms with van der Waals surface area (Å²) >= 11 is 0. The molecule has 0 radical (unpaired) electrons. The third-order valence-corrected chi connectivity index (χ3v) is 2.98. The Morgan fingerprint density at radius 3 is 2.95 bits per heavy atom. The van der Waals surface area contributed by atoms with Gasteiger partial charge in [-0.2, -0.15) is 4.98 Å². The second-order valence-electron chi connectivity index (χ2n) is 4.29. The highest BCUT2D eigenvalue weighted by Gasteiger charge is 2.27. The highest BCUT2D eigenvalue weighted by Crippen LogP contribution is 2.29. The number of methoxy groups -OCH3 is 1. The van der Waals surface area contributed by atoms with Crippen LogP contribution >= 0.6 is 0 Å². The number of benzene rings is 1. The maximum Gasteiger partial charge on any atom is 0.224 e. The van der Waals surface area contributed by atoms with Crippen molar-refractivity contribution in [2.24, 2.45) is 0 Å². The van der Waals surface area contributed by atoms with Crippen LogP contribution in [0, 0.1) is 5.82 Å². The first-order chi connectivity index (χ1) is 9.17. The molecular weight excluding hydrogens is 251 g/mol. The number of ether oxygens (including phenoxy) is 2. The Balaban J connectivity index is 2.12. The number of hydrogen-bond donors (Lipinski definition) is 0. The van der Waals surface area contributed by atoms with Gasteiger partial charge in [0.1, 0.15) is 18.5 Å². The summed E-state index contributed by atoms with van der Waals surface area (Å²) in [5.74, 6) is 0.311. The topological polar surface area (TPSA) is 61.3 Å². The van der Waals surface area contributed by atoms with Crippen LogP contribution in [-0.2, 0) is 9.53 Å². The van der Waals surface area contributed by atoms with E-state index in [0.29, 0.717) is 16.7 Å². The molecule has 98 valence electrons. The van der Waals surface area contributed by atoms with Crippen molar-refractivity contribution in [3.05, 3.63) is 29.8 Å². The molecule has 0 amide bonds. The lowest BCUT2D eigenvalue weighted by atomic mass is 10.2. The summed E-state index contributed by atoms with van der Waals surface area (Å²) in [7, 11) is 1.46. The summed E-state index contributed by atoms with van der Waals surface area (Å²) < 4.78 is 23.7. The number of aromatic nitrogens is 2. The highest BCUT2D eigenvalue weighted by molar-refractivity contribution is 5.84. The first kappa shape index (κ1) is 12.0. The van der Waals surface area contributed by atoms with E-state index in [9.17, 15) is 9.18 Å². The standard InChI is InChI=1S/C13H11FN2O3/c1-18-13-9-4-7(14)2-3-10(9)15-12(16-13)11-5-8(17)6-19-11/h2-4,11H,5-6H2,1H3. The molecular formula is C13H11FN2O3. The Labute approximate surface area is 108 Å². The van der Waals surface area contributed by atoms with E-state index in [2.05, 4.69) is 9.97 Å². The Morgan fingerprint density at radius 2 is 2.26 bits per heavy atom. The Kier molecular flexibility index (Phi) is 2.87. The fourth-order valence-electron chi connectivity index (χ4n) is 2.07. The molecule has 1 atom stereocenters. The molecule has 1 unspecified atom stereocenters. The van der Waals surface area contributed by atoms with E-state index in [0.717, 1.165) is 0 Å². The molecule has 19 heavy (non-hydrogen) atoms. The fraction of sp³-hybridized carbons (Fsp3) is 0.308. The zero-order chi connectivity index (χ0) is 13.4. The second-order valence-corrected chi connectivity index (χ2v) is 4.29. The molecule has 2 heterocycles. The molecule has 2 aromatic rings. The summed E-state index contributed by atoms with van der Waals surface area (Å²) in [5.41, 5.74) is 0.561. The van der Waals surface area contributed by atoms with Crippen LogP contribution in [0.3, 0.4) is 0 Å². The molecule has 1 saturated heterocycles. The number of carbonyl (C=O) groups excluding carboxylic acids is 1. The molecule has 6 heteroatoms. The molecule has 1 aromatic heterocycles. The Hall–Kier alpha value is -2.08. The lowest BCUT2D eigenvalue weighted by Crippen LogP contribution is -2.05. The van der Waals surface area contributed by atoms with Crippen molar-refractivity contribution in [1.29, 1.82) is 0 Å². The summed E-state index contributed by atoms with van der Waals surface area (Å²) in [6.45, 7) is 0.0811. The first-order valence-corrected chi connectivity index (χ1v) is 5.82. The van der Waals surface area contributed by atoms with Gasteiger partial charge < -0.3 is 9.47 Å². The Bertz CT molecular complexity index is 660. The lowest BCUT2D eigenvalue weighted by molar-refractivity contribution is -0.117. The van der Waals surface area contributed by atoms with Crippen LogP contribution in [-0.4, -0.2) is 29.5 Å². The number of hydrogen-bond acceptors (Lipinski definition) is 5. The largest absolute Gasteiger partial charge is 0.480 e. The minimum atomic E-state index is -0.448. The van der Waals surface area contributed by atoms with Crippen molar-refractivity contribution in [2.75, 3.05) is 13.7 Å². The third-order valence-electron chi connectivity index (χ3n) is 2.98. The molecule has 1 aliphatic rings. The van der Waals surface area contributed by atoms with Gasteiger partial charge in [-0.3, -0.25) is 4.79 Å². The zero-order valence-electron chi connectivity index (χ0n) is 10.2. The third kappa shape index (κ3) is 2.15. The highest BCUT2D eigenvalue weighted by atomic mass is 19.1. The van der Waals surface area contributed by atoms with Crippen molar-refractivity contribution < 1.29 is 18.7 Å². The van der Waals surface area contributed by atoms with Crippen LogP contribution in [0.1, 0.15) is 18.3 Å². The number of nitrogens with zero attached hydrogens (tertiary/aromatic N) is 2. The van der Waals surface area contributed by atoms with Crippen LogP contribution in [0.2, 0.25) is 0 Å². The van der Waals surface area contributed by atoms with Gasteiger partial charge in [0.2, 0.25) is 5.88 Å². The first-order valence-electron chi connectivity index (χ1n) is 5.82. The van der Waals surface area contributed by atoms with Gasteiger partial charge in [0, 0.05) is 6.42 Å². The number of Topliss-reactive ketones (excluding diaryl/α,β-unsaturated/α-hetero) is 1. The van der Waals surface area contributed by atoms with Crippen molar-refractivity contribution in [3.8, 4) is 5.88 Å². The summed E-state index contributed by atoms with van der Waals surface area (Å²) in [5, 5.41) is 0.496. The number of ketones is 1. The van der Waals surface area contributed by atoms with Gasteiger partial charge in [-0.25, -0.2) is 9.37 Å². The van der Waals surface area contributed by atoms with Gasteiger partial charge in [0.05, 0.1) is 18.0 Å². The van der Waals surface area contributed by atoms with Crippen LogP contribution in [0.4, 0.5) is 4.39 Å². The molecule has 0 aliphatic carbocycles. The van der Waals surface area contributed by atoms with E-state index in [4.69, 9.17) is 9.47 Å². The van der Waals surface area contributed by atoms with E-state index in [1.165, 1.54) is 19.2 Å². The van der Waals surface area contributed by atoms with Gasteiger partial charge in [-0.1, -0.05) is 0 Å². The summed E-state index contributed by atoms with van der Waals surface area (Å²) in [6.07, 6.45) is -0.189. The van der Waals surface area contributed by atoms with Gasteiger partial charge in [-0.05, 0) is 18.2 Å². The van der Waals surface area contributed by atoms with Gasteiger partial charge in [0.15, 0.2) is 11.6 Å². The predicted molar refractivity (Wildman–Crippen MR) is 64.4 cm³/mol. The van der Waals surface area contributed by atoms with E-state index < -0.39 is 6.10 Å². The van der Waals surface area contributed by atoms with Crippen LogP contribution in [0.5, 0.6) is 5.88 Å². The number of halogens is 1. The monoisotopic (exact) mass is 262 g/mol. The predicted octanol–water partition coefficient (Wildman–Crippen LogP) is 1.81. The van der Waals surface area contributed by atoms with Crippen molar-refractivity contribution in [3.63, 3.8) is 0 Å². The fourth-order valence-corrected chi connectivity index (χ4v) is 2.07. The van der Waals surface area contributed by atoms with Crippen molar-refractivity contribution >= 4 is 16.7 Å². The quantitative estimate of drug-likeness (QED) is 0.826. The number of rotatable bonds is 2. The lowest BCUT2D eigenvalue weighted by Gasteiger charge is -2.10. The second kappa shape index (κ2) is 4.55.